The molecular weight excluding hydrogens is 340 g/mol. The first kappa shape index (κ1) is 19.0. The normalized spacial score (nSPS) is 19.1. The molecule has 2 aromatic rings. The van der Waals surface area contributed by atoms with Crippen molar-refractivity contribution in [3.63, 3.8) is 0 Å². The van der Waals surface area contributed by atoms with Crippen molar-refractivity contribution in [3.05, 3.63) is 60.2 Å². The summed E-state index contributed by atoms with van der Waals surface area (Å²) in [5.74, 6) is 0.906. The molecule has 0 radical (unpaired) electrons. The van der Waals surface area contributed by atoms with Crippen molar-refractivity contribution in [1.82, 2.24) is 5.32 Å². The van der Waals surface area contributed by atoms with Crippen LogP contribution in [0.15, 0.2) is 54.6 Å². The number of methoxy groups -OCH3 is 1. The Balaban J connectivity index is 1.42. The standard InChI is InChI=1S/C22H26N2O3/c1-27-20-13-7-16(8-14-20)15-23-21(25)17-9-11-18(12-10-17)22(26)24-19-5-3-2-4-6-19/h2-8,13-14,17-18H,9-12,15H2,1H3,(H,23,25)(H,24,26). The van der Waals surface area contributed by atoms with Crippen molar-refractivity contribution >= 4 is 17.5 Å². The van der Waals surface area contributed by atoms with Crippen LogP contribution in [0.5, 0.6) is 5.75 Å². The smallest absolute Gasteiger partial charge is 0.227 e. The fourth-order valence-electron chi connectivity index (χ4n) is 3.46. The lowest BCUT2D eigenvalue weighted by atomic mass is 9.81. The van der Waals surface area contributed by atoms with Gasteiger partial charge in [-0.15, -0.1) is 0 Å². The van der Waals surface area contributed by atoms with Crippen molar-refractivity contribution in [3.8, 4) is 5.75 Å². The third-order valence-corrected chi connectivity index (χ3v) is 5.14. The van der Waals surface area contributed by atoms with Crippen LogP contribution in [-0.2, 0) is 16.1 Å². The maximum Gasteiger partial charge on any atom is 0.227 e. The Morgan fingerprint density at radius 1 is 0.889 bits per heavy atom. The second-order valence-corrected chi connectivity index (χ2v) is 6.97. The third kappa shape index (κ3) is 5.33. The number of hydrogen-bond acceptors (Lipinski definition) is 3. The summed E-state index contributed by atoms with van der Waals surface area (Å²) in [6.45, 7) is 0.511. The molecule has 0 unspecified atom stereocenters. The summed E-state index contributed by atoms with van der Waals surface area (Å²) in [6.07, 6.45) is 3.00. The lowest BCUT2D eigenvalue weighted by molar-refractivity contribution is -0.128. The van der Waals surface area contributed by atoms with Gasteiger partial charge in [-0.25, -0.2) is 0 Å². The van der Waals surface area contributed by atoms with Gasteiger partial charge < -0.3 is 15.4 Å². The highest BCUT2D eigenvalue weighted by molar-refractivity contribution is 5.92. The van der Waals surface area contributed by atoms with Gasteiger partial charge in [0.05, 0.1) is 7.11 Å². The Bertz CT molecular complexity index is 751. The van der Waals surface area contributed by atoms with Crippen molar-refractivity contribution < 1.29 is 14.3 Å². The number of carbonyl (C=O) groups excluding carboxylic acids is 2. The minimum absolute atomic E-state index is 0.0102. The Labute approximate surface area is 160 Å². The van der Waals surface area contributed by atoms with Gasteiger partial charge in [-0.05, 0) is 55.5 Å². The van der Waals surface area contributed by atoms with Crippen LogP contribution in [-0.4, -0.2) is 18.9 Å². The van der Waals surface area contributed by atoms with Crippen LogP contribution in [0.2, 0.25) is 0 Å². The van der Waals surface area contributed by atoms with Crippen molar-refractivity contribution in [2.75, 3.05) is 12.4 Å². The summed E-state index contributed by atoms with van der Waals surface area (Å²) in [6, 6.07) is 17.2. The van der Waals surface area contributed by atoms with Gasteiger partial charge >= 0.3 is 0 Å². The molecule has 1 saturated carbocycles. The van der Waals surface area contributed by atoms with E-state index in [1.165, 1.54) is 0 Å². The minimum Gasteiger partial charge on any atom is -0.497 e. The van der Waals surface area contributed by atoms with E-state index in [9.17, 15) is 9.59 Å². The Morgan fingerprint density at radius 2 is 1.48 bits per heavy atom. The Kier molecular flexibility index (Phi) is 6.47. The van der Waals surface area contributed by atoms with E-state index >= 15 is 0 Å². The van der Waals surface area contributed by atoms with Gasteiger partial charge in [0.15, 0.2) is 0 Å². The van der Waals surface area contributed by atoms with E-state index in [0.717, 1.165) is 42.7 Å². The molecule has 0 heterocycles. The molecular formula is C22H26N2O3. The molecule has 0 spiro atoms. The van der Waals surface area contributed by atoms with Gasteiger partial charge in [-0.2, -0.15) is 0 Å². The van der Waals surface area contributed by atoms with Gasteiger partial charge in [-0.3, -0.25) is 9.59 Å². The molecule has 2 amide bonds. The van der Waals surface area contributed by atoms with Crippen molar-refractivity contribution in [1.29, 1.82) is 0 Å². The lowest BCUT2D eigenvalue weighted by Gasteiger charge is -2.27. The molecule has 2 N–H and O–H groups in total. The topological polar surface area (TPSA) is 67.4 Å². The maximum atomic E-state index is 12.4. The van der Waals surface area contributed by atoms with Crippen LogP contribution < -0.4 is 15.4 Å². The van der Waals surface area contributed by atoms with Crippen molar-refractivity contribution in [2.45, 2.75) is 32.2 Å². The van der Waals surface area contributed by atoms with Gasteiger partial charge in [0.1, 0.15) is 5.75 Å². The first-order valence-electron chi connectivity index (χ1n) is 9.42. The average Bonchev–Trinajstić information content (AvgIpc) is 2.73. The average molecular weight is 366 g/mol. The van der Waals surface area contributed by atoms with Gasteiger partial charge in [0.2, 0.25) is 11.8 Å². The molecule has 27 heavy (non-hydrogen) atoms. The molecule has 0 atom stereocenters. The zero-order valence-electron chi connectivity index (χ0n) is 15.6. The highest BCUT2D eigenvalue weighted by Crippen LogP contribution is 2.30. The van der Waals surface area contributed by atoms with E-state index in [4.69, 9.17) is 4.74 Å². The summed E-state index contributed by atoms with van der Waals surface area (Å²) < 4.78 is 5.14. The third-order valence-electron chi connectivity index (χ3n) is 5.14. The molecule has 1 fully saturated rings. The molecule has 2 aromatic carbocycles. The molecule has 1 aliphatic rings. The largest absolute Gasteiger partial charge is 0.497 e. The van der Waals surface area contributed by atoms with E-state index in [1.54, 1.807) is 7.11 Å². The van der Waals surface area contributed by atoms with Crippen LogP contribution in [0.4, 0.5) is 5.69 Å². The molecule has 5 nitrogen and oxygen atoms in total. The second kappa shape index (κ2) is 9.21. The fourth-order valence-corrected chi connectivity index (χ4v) is 3.46. The first-order chi connectivity index (χ1) is 13.2. The summed E-state index contributed by atoms with van der Waals surface area (Å²) in [5, 5.41) is 5.97. The van der Waals surface area contributed by atoms with Crippen LogP contribution in [0.3, 0.4) is 0 Å². The number of nitrogens with one attached hydrogen (secondary N) is 2. The van der Waals surface area contributed by atoms with E-state index < -0.39 is 0 Å². The molecule has 0 bridgehead atoms. The molecule has 142 valence electrons. The summed E-state index contributed by atoms with van der Waals surface area (Å²) in [5.41, 5.74) is 1.86. The minimum atomic E-state index is -0.0177. The summed E-state index contributed by atoms with van der Waals surface area (Å²) >= 11 is 0. The number of rotatable bonds is 6. The van der Waals surface area contributed by atoms with Gasteiger partial charge in [-0.1, -0.05) is 30.3 Å². The molecule has 1 aliphatic carbocycles. The van der Waals surface area contributed by atoms with E-state index in [-0.39, 0.29) is 23.7 Å². The van der Waals surface area contributed by atoms with E-state index in [1.807, 2.05) is 54.6 Å². The quantitative estimate of drug-likeness (QED) is 0.818. The highest BCUT2D eigenvalue weighted by Gasteiger charge is 2.29. The number of amides is 2. The van der Waals surface area contributed by atoms with Crippen LogP contribution >= 0.6 is 0 Å². The van der Waals surface area contributed by atoms with E-state index in [0.29, 0.717) is 6.54 Å². The molecule has 0 aromatic heterocycles. The Hall–Kier alpha value is -2.82. The number of ether oxygens (including phenoxy) is 1. The van der Waals surface area contributed by atoms with Crippen LogP contribution in [0.1, 0.15) is 31.2 Å². The van der Waals surface area contributed by atoms with Gasteiger partial charge in [0.25, 0.3) is 0 Å². The van der Waals surface area contributed by atoms with E-state index in [2.05, 4.69) is 10.6 Å². The van der Waals surface area contributed by atoms with Crippen molar-refractivity contribution in [2.24, 2.45) is 11.8 Å². The predicted octanol–water partition coefficient (Wildman–Crippen LogP) is 3.76. The molecule has 3 rings (SSSR count). The second-order valence-electron chi connectivity index (χ2n) is 6.97. The number of benzene rings is 2. The van der Waals surface area contributed by atoms with Crippen LogP contribution in [0.25, 0.3) is 0 Å². The predicted molar refractivity (Wildman–Crippen MR) is 105 cm³/mol. The lowest BCUT2D eigenvalue weighted by Crippen LogP contribution is -2.35. The molecule has 5 heteroatoms. The molecule has 0 aliphatic heterocycles. The summed E-state index contributed by atoms with van der Waals surface area (Å²) in [4.78, 5) is 24.8. The maximum absolute atomic E-state index is 12.4. The first-order valence-corrected chi connectivity index (χ1v) is 9.42. The van der Waals surface area contributed by atoms with Crippen LogP contribution in [0, 0.1) is 11.8 Å². The number of anilines is 1. The number of para-hydroxylation sites is 1. The highest BCUT2D eigenvalue weighted by atomic mass is 16.5. The zero-order valence-corrected chi connectivity index (χ0v) is 15.6. The van der Waals surface area contributed by atoms with Gasteiger partial charge in [0, 0.05) is 24.1 Å². The monoisotopic (exact) mass is 366 g/mol. The number of carbonyl (C=O) groups is 2. The SMILES string of the molecule is COc1ccc(CNC(=O)C2CCC(C(=O)Nc3ccccc3)CC2)cc1. The summed E-state index contributed by atoms with van der Waals surface area (Å²) in [7, 11) is 1.63. The zero-order chi connectivity index (χ0) is 19.1. The Morgan fingerprint density at radius 3 is 2.07 bits per heavy atom. The molecule has 0 saturated heterocycles. The fraction of sp³-hybridized carbons (Fsp3) is 0.364. The number of hydrogen-bond donors (Lipinski definition) is 2.